The van der Waals surface area contributed by atoms with Crippen molar-refractivity contribution in [1.29, 1.82) is 0 Å². The lowest BCUT2D eigenvalue weighted by atomic mass is 10.3. The van der Waals surface area contributed by atoms with Crippen LogP contribution in [-0.4, -0.2) is 25.3 Å². The Kier molecular flexibility index (Phi) is 5.90. The van der Waals surface area contributed by atoms with Gasteiger partial charge in [-0.3, -0.25) is 0 Å². The smallest absolute Gasteiger partial charge is 0.265 e. The van der Waals surface area contributed by atoms with Crippen molar-refractivity contribution in [2.75, 3.05) is 17.2 Å². The highest BCUT2D eigenvalue weighted by Gasteiger charge is 2.26. The third-order valence-electron chi connectivity index (χ3n) is 4.67. The second-order valence-electron chi connectivity index (χ2n) is 6.62. The molecule has 0 bridgehead atoms. The summed E-state index contributed by atoms with van der Waals surface area (Å²) in [6, 6.07) is 14.0. The summed E-state index contributed by atoms with van der Waals surface area (Å²) in [5.74, 6) is -0.373. The summed E-state index contributed by atoms with van der Waals surface area (Å²) >= 11 is 9.50. The van der Waals surface area contributed by atoms with Gasteiger partial charge in [-0.25, -0.2) is 8.42 Å². The van der Waals surface area contributed by atoms with Crippen LogP contribution in [0.5, 0.6) is 0 Å². The molecule has 0 spiro atoms. The molecule has 0 N–H and O–H groups in total. The van der Waals surface area contributed by atoms with Crippen LogP contribution < -0.4 is 9.47 Å². The maximum Gasteiger partial charge on any atom is 0.265 e. The SMILES string of the molecule is CCN1/C(=C/c2sc3cc(Cl)ccc3[n+]2CCCS(=O)(=O)[O-])Sc2ccccc21. The second kappa shape index (κ2) is 8.28. The van der Waals surface area contributed by atoms with Crippen LogP contribution in [0.25, 0.3) is 16.3 Å². The predicted molar refractivity (Wildman–Crippen MR) is 120 cm³/mol. The van der Waals surface area contributed by atoms with E-state index in [4.69, 9.17) is 11.6 Å². The van der Waals surface area contributed by atoms with E-state index in [0.717, 1.165) is 26.8 Å². The third-order valence-corrected chi connectivity index (χ3v) is 7.90. The molecule has 2 aromatic carbocycles. The minimum atomic E-state index is -4.23. The lowest BCUT2D eigenvalue weighted by Gasteiger charge is -2.17. The minimum absolute atomic E-state index is 0.270. The van der Waals surface area contributed by atoms with Gasteiger partial charge in [0.1, 0.15) is 4.70 Å². The monoisotopic (exact) mass is 466 g/mol. The zero-order chi connectivity index (χ0) is 20.6. The Hall–Kier alpha value is -1.58. The zero-order valence-electron chi connectivity index (χ0n) is 15.7. The second-order valence-corrected chi connectivity index (χ2v) is 10.7. The van der Waals surface area contributed by atoms with Crippen molar-refractivity contribution in [3.8, 4) is 0 Å². The van der Waals surface area contributed by atoms with Crippen molar-refractivity contribution < 1.29 is 17.5 Å². The van der Waals surface area contributed by atoms with Crippen molar-refractivity contribution in [1.82, 2.24) is 0 Å². The van der Waals surface area contributed by atoms with E-state index in [1.165, 1.54) is 10.6 Å². The number of aryl methyl sites for hydroxylation is 1. The van der Waals surface area contributed by atoms with Gasteiger partial charge in [0.2, 0.25) is 5.52 Å². The van der Waals surface area contributed by atoms with E-state index in [-0.39, 0.29) is 12.2 Å². The first kappa shape index (κ1) is 20.7. The number of para-hydroxylation sites is 1. The van der Waals surface area contributed by atoms with Crippen LogP contribution in [0.4, 0.5) is 5.69 Å². The molecule has 5 nitrogen and oxygen atoms in total. The first-order chi connectivity index (χ1) is 13.9. The molecule has 0 fully saturated rings. The molecule has 29 heavy (non-hydrogen) atoms. The fraction of sp³-hybridized carbons (Fsp3) is 0.250. The number of hydrogen-bond acceptors (Lipinski definition) is 6. The van der Waals surface area contributed by atoms with E-state index >= 15 is 0 Å². The highest BCUT2D eigenvalue weighted by molar-refractivity contribution is 8.03. The maximum atomic E-state index is 11.0. The number of thiazole rings is 1. The summed E-state index contributed by atoms with van der Waals surface area (Å²) in [7, 11) is -4.23. The average Bonchev–Trinajstić information content (AvgIpc) is 3.18. The van der Waals surface area contributed by atoms with Gasteiger partial charge in [-0.05, 0) is 31.2 Å². The third kappa shape index (κ3) is 4.46. The molecule has 0 atom stereocenters. The highest BCUT2D eigenvalue weighted by atomic mass is 35.5. The molecule has 3 aromatic rings. The van der Waals surface area contributed by atoms with E-state index < -0.39 is 10.1 Å². The largest absolute Gasteiger partial charge is 0.748 e. The Morgan fingerprint density at radius 1 is 1.24 bits per heavy atom. The van der Waals surface area contributed by atoms with E-state index in [1.807, 2.05) is 30.3 Å². The number of thioether (sulfide) groups is 1. The van der Waals surface area contributed by atoms with Gasteiger partial charge < -0.3 is 9.45 Å². The lowest BCUT2D eigenvalue weighted by molar-refractivity contribution is -0.668. The number of hydrogen-bond donors (Lipinski definition) is 0. The standard InChI is InChI=1S/C20H19ClN2O3S3/c1-2-22-15-6-3-4-7-17(15)27-19(22)13-20-23(10-5-11-29(24,25)26)16-9-8-14(21)12-18(16)28-20/h3-4,6-9,12-13H,2,5,10-11H2,1H3. The van der Waals surface area contributed by atoms with Gasteiger partial charge in [-0.2, -0.15) is 4.57 Å². The van der Waals surface area contributed by atoms with Crippen molar-refractivity contribution in [2.24, 2.45) is 0 Å². The Morgan fingerprint density at radius 3 is 2.79 bits per heavy atom. The molecule has 0 amide bonds. The molecule has 1 aromatic heterocycles. The maximum absolute atomic E-state index is 11.0. The highest BCUT2D eigenvalue weighted by Crippen LogP contribution is 2.46. The fourth-order valence-corrected chi connectivity index (χ4v) is 6.53. The van der Waals surface area contributed by atoms with Gasteiger partial charge in [0.15, 0.2) is 6.54 Å². The first-order valence-electron chi connectivity index (χ1n) is 9.17. The van der Waals surface area contributed by atoms with Gasteiger partial charge in [0, 0.05) is 34.7 Å². The summed E-state index contributed by atoms with van der Waals surface area (Å²) in [4.78, 5) is 3.48. The quantitative estimate of drug-likeness (QED) is 0.389. The zero-order valence-corrected chi connectivity index (χ0v) is 18.9. The Bertz CT molecular complexity index is 1200. The van der Waals surface area contributed by atoms with Crippen LogP contribution in [0, 0.1) is 0 Å². The Labute approximate surface area is 183 Å². The average molecular weight is 467 g/mol. The van der Waals surface area contributed by atoms with Crippen LogP contribution in [-0.2, 0) is 16.7 Å². The molecular formula is C20H19ClN2O3S3. The summed E-state index contributed by atoms with van der Waals surface area (Å²) < 4.78 is 36.2. The molecule has 1 aliphatic rings. The van der Waals surface area contributed by atoms with E-state index in [0.29, 0.717) is 11.6 Å². The summed E-state index contributed by atoms with van der Waals surface area (Å²) in [6.45, 7) is 3.42. The van der Waals surface area contributed by atoms with Gasteiger partial charge in [-0.15, -0.1) is 0 Å². The summed E-state index contributed by atoms with van der Waals surface area (Å²) in [5, 5.41) is 2.78. The predicted octanol–water partition coefficient (Wildman–Crippen LogP) is 4.71. The van der Waals surface area contributed by atoms with Crippen LogP contribution in [0.15, 0.2) is 52.4 Å². The van der Waals surface area contributed by atoms with Crippen LogP contribution in [0.3, 0.4) is 0 Å². The molecule has 0 saturated heterocycles. The molecule has 0 saturated carbocycles. The molecule has 0 radical (unpaired) electrons. The van der Waals surface area contributed by atoms with Crippen LogP contribution >= 0.6 is 34.7 Å². The van der Waals surface area contributed by atoms with E-state index in [1.54, 1.807) is 23.1 Å². The van der Waals surface area contributed by atoms with E-state index in [9.17, 15) is 13.0 Å². The van der Waals surface area contributed by atoms with Crippen molar-refractivity contribution in [3.05, 3.63) is 57.5 Å². The van der Waals surface area contributed by atoms with Crippen molar-refractivity contribution in [2.45, 2.75) is 24.8 Å². The molecule has 2 heterocycles. The molecule has 0 aliphatic carbocycles. The molecule has 1 aliphatic heterocycles. The number of benzene rings is 2. The Balaban J connectivity index is 1.75. The topological polar surface area (TPSA) is 64.3 Å². The van der Waals surface area contributed by atoms with Gasteiger partial charge in [0.05, 0.1) is 26.9 Å². The number of aromatic nitrogens is 1. The van der Waals surface area contributed by atoms with Gasteiger partial charge >= 0.3 is 0 Å². The molecular weight excluding hydrogens is 448 g/mol. The first-order valence-corrected chi connectivity index (χ1v) is 12.8. The number of anilines is 1. The fourth-order valence-electron chi connectivity index (χ4n) is 3.41. The number of halogens is 1. The van der Waals surface area contributed by atoms with Gasteiger partial charge in [0.25, 0.3) is 5.01 Å². The van der Waals surface area contributed by atoms with Crippen molar-refractivity contribution in [3.63, 3.8) is 0 Å². The normalized spacial score (nSPS) is 15.4. The van der Waals surface area contributed by atoms with Gasteiger partial charge in [-0.1, -0.05) is 46.8 Å². The molecule has 0 unspecified atom stereocenters. The molecule has 9 heteroatoms. The van der Waals surface area contributed by atoms with Crippen molar-refractivity contribution >= 4 is 66.8 Å². The molecule has 4 rings (SSSR count). The van der Waals surface area contributed by atoms with E-state index in [2.05, 4.69) is 34.6 Å². The minimum Gasteiger partial charge on any atom is -0.748 e. The Morgan fingerprint density at radius 2 is 2.03 bits per heavy atom. The lowest BCUT2D eigenvalue weighted by Crippen LogP contribution is -2.36. The summed E-state index contributed by atoms with van der Waals surface area (Å²) in [6.07, 6.45) is 2.41. The summed E-state index contributed by atoms with van der Waals surface area (Å²) in [5.41, 5.74) is 2.18. The number of rotatable bonds is 6. The number of fused-ring (bicyclic) bond motifs is 2. The number of nitrogens with zero attached hydrogens (tertiary/aromatic N) is 2. The van der Waals surface area contributed by atoms with Crippen LogP contribution in [0.1, 0.15) is 18.4 Å². The molecule has 152 valence electrons. The van der Waals surface area contributed by atoms with Crippen LogP contribution in [0.2, 0.25) is 5.02 Å².